The lowest BCUT2D eigenvalue weighted by Crippen LogP contribution is -2.41. The van der Waals surface area contributed by atoms with Crippen molar-refractivity contribution in [2.24, 2.45) is 0 Å². The molecule has 6 nitrogen and oxygen atoms in total. The molecule has 0 unspecified atom stereocenters. The molecule has 2 aromatic rings. The van der Waals surface area contributed by atoms with Crippen LogP contribution in [0.2, 0.25) is 0 Å². The van der Waals surface area contributed by atoms with Gasteiger partial charge in [0.2, 0.25) is 5.91 Å². The molecule has 2 aromatic carbocycles. The highest BCUT2D eigenvalue weighted by atomic mass is 16.5. The molecule has 1 heterocycles. The van der Waals surface area contributed by atoms with Gasteiger partial charge in [-0.3, -0.25) is 9.59 Å². The smallest absolute Gasteiger partial charge is 0.262 e. The summed E-state index contributed by atoms with van der Waals surface area (Å²) in [6.45, 7) is 8.88. The van der Waals surface area contributed by atoms with E-state index in [1.165, 1.54) is 5.56 Å². The summed E-state index contributed by atoms with van der Waals surface area (Å²) in [7, 11) is 0. The van der Waals surface area contributed by atoms with Crippen LogP contribution in [0, 0.1) is 0 Å². The molecule has 1 aliphatic heterocycles. The maximum atomic E-state index is 12.3. The Balaban J connectivity index is 1.45. The van der Waals surface area contributed by atoms with Crippen molar-refractivity contribution in [2.45, 2.75) is 32.6 Å². The van der Waals surface area contributed by atoms with Gasteiger partial charge < -0.3 is 19.7 Å². The zero-order valence-corrected chi connectivity index (χ0v) is 17.9. The minimum absolute atomic E-state index is 0.0634. The maximum Gasteiger partial charge on any atom is 0.262 e. The largest absolute Gasteiger partial charge is 0.484 e. The number of rotatable bonds is 6. The Bertz CT molecular complexity index is 848. The fraction of sp³-hybridized carbons (Fsp3) is 0.417. The first kappa shape index (κ1) is 21.8. The number of hydrogen-bond acceptors (Lipinski definition) is 4. The molecule has 0 aromatic heterocycles. The molecule has 1 N–H and O–H groups in total. The highest BCUT2D eigenvalue weighted by Gasteiger charge is 2.17. The number of carbonyl (C=O) groups is 2. The van der Waals surface area contributed by atoms with E-state index in [1.54, 1.807) is 12.1 Å². The van der Waals surface area contributed by atoms with E-state index >= 15 is 0 Å². The Labute approximate surface area is 178 Å². The van der Waals surface area contributed by atoms with Crippen LogP contribution < -0.4 is 10.1 Å². The standard InChI is InChI=1S/C24H30N2O4/c1-24(2,3)19-6-10-21(11-7-19)30-17-22(27)25-20-8-4-18(5-9-20)16-23(28)26-12-14-29-15-13-26/h4-11H,12-17H2,1-3H3,(H,25,27). The molecule has 2 amide bonds. The number of anilines is 1. The van der Waals surface area contributed by atoms with Gasteiger partial charge >= 0.3 is 0 Å². The van der Waals surface area contributed by atoms with Crippen molar-refractivity contribution in [3.8, 4) is 5.75 Å². The SMILES string of the molecule is CC(C)(C)c1ccc(OCC(=O)Nc2ccc(CC(=O)N3CCOCC3)cc2)cc1. The number of morpholine rings is 1. The van der Waals surface area contributed by atoms with E-state index in [4.69, 9.17) is 9.47 Å². The Morgan fingerprint density at radius 1 is 1.00 bits per heavy atom. The first-order valence-corrected chi connectivity index (χ1v) is 10.3. The Hall–Kier alpha value is -2.86. The van der Waals surface area contributed by atoms with E-state index in [-0.39, 0.29) is 23.8 Å². The third-order valence-corrected chi connectivity index (χ3v) is 5.05. The van der Waals surface area contributed by atoms with Crippen molar-refractivity contribution in [1.29, 1.82) is 0 Å². The summed E-state index contributed by atoms with van der Waals surface area (Å²) in [6, 6.07) is 15.1. The van der Waals surface area contributed by atoms with E-state index in [0.29, 0.717) is 44.2 Å². The van der Waals surface area contributed by atoms with Crippen LogP contribution in [-0.4, -0.2) is 49.6 Å². The molecule has 1 saturated heterocycles. The van der Waals surface area contributed by atoms with Crippen LogP contribution in [0.1, 0.15) is 31.9 Å². The monoisotopic (exact) mass is 410 g/mol. The summed E-state index contributed by atoms with van der Waals surface area (Å²) < 4.78 is 10.9. The maximum absolute atomic E-state index is 12.3. The normalized spacial score (nSPS) is 14.3. The van der Waals surface area contributed by atoms with Crippen molar-refractivity contribution in [3.63, 3.8) is 0 Å². The Morgan fingerprint density at radius 2 is 1.63 bits per heavy atom. The van der Waals surface area contributed by atoms with Gasteiger partial charge in [0.15, 0.2) is 6.61 Å². The fourth-order valence-electron chi connectivity index (χ4n) is 3.20. The second kappa shape index (κ2) is 9.76. The number of carbonyl (C=O) groups excluding carboxylic acids is 2. The molecular weight excluding hydrogens is 380 g/mol. The fourth-order valence-corrected chi connectivity index (χ4v) is 3.20. The van der Waals surface area contributed by atoms with Crippen LogP contribution in [-0.2, 0) is 26.2 Å². The zero-order valence-electron chi connectivity index (χ0n) is 17.9. The predicted molar refractivity (Wildman–Crippen MR) is 117 cm³/mol. The summed E-state index contributed by atoms with van der Waals surface area (Å²) >= 11 is 0. The second-order valence-electron chi connectivity index (χ2n) is 8.48. The van der Waals surface area contributed by atoms with Gasteiger partial charge in [0, 0.05) is 18.8 Å². The molecule has 0 saturated carbocycles. The van der Waals surface area contributed by atoms with Gasteiger partial charge in [-0.1, -0.05) is 45.0 Å². The molecule has 1 aliphatic rings. The number of nitrogens with zero attached hydrogens (tertiary/aromatic N) is 1. The van der Waals surface area contributed by atoms with E-state index < -0.39 is 0 Å². The average Bonchev–Trinajstić information content (AvgIpc) is 2.74. The molecule has 0 bridgehead atoms. The molecule has 3 rings (SSSR count). The van der Waals surface area contributed by atoms with Gasteiger partial charge in [-0.15, -0.1) is 0 Å². The lowest BCUT2D eigenvalue weighted by molar-refractivity contribution is -0.134. The van der Waals surface area contributed by atoms with Gasteiger partial charge in [0.05, 0.1) is 19.6 Å². The minimum Gasteiger partial charge on any atom is -0.484 e. The molecule has 0 spiro atoms. The van der Waals surface area contributed by atoms with E-state index in [2.05, 4.69) is 26.1 Å². The molecule has 160 valence electrons. The van der Waals surface area contributed by atoms with Crippen molar-refractivity contribution in [1.82, 2.24) is 4.90 Å². The van der Waals surface area contributed by atoms with Crippen molar-refractivity contribution < 1.29 is 19.1 Å². The summed E-state index contributed by atoms with van der Waals surface area (Å²) in [4.78, 5) is 26.3. The summed E-state index contributed by atoms with van der Waals surface area (Å²) in [5.74, 6) is 0.531. The molecule has 30 heavy (non-hydrogen) atoms. The highest BCUT2D eigenvalue weighted by Crippen LogP contribution is 2.24. The van der Waals surface area contributed by atoms with E-state index in [1.807, 2.05) is 41.3 Å². The summed E-state index contributed by atoms with van der Waals surface area (Å²) in [5.41, 5.74) is 2.88. The van der Waals surface area contributed by atoms with E-state index in [0.717, 1.165) is 5.56 Å². The molecule has 0 aliphatic carbocycles. The molecule has 6 heteroatoms. The number of nitrogens with one attached hydrogen (secondary N) is 1. The third kappa shape index (κ3) is 6.32. The summed E-state index contributed by atoms with van der Waals surface area (Å²) in [6.07, 6.45) is 0.349. The quantitative estimate of drug-likeness (QED) is 0.793. The van der Waals surface area contributed by atoms with Crippen molar-refractivity contribution in [2.75, 3.05) is 38.2 Å². The van der Waals surface area contributed by atoms with Crippen LogP contribution in [0.4, 0.5) is 5.69 Å². The zero-order chi connectivity index (χ0) is 21.6. The lowest BCUT2D eigenvalue weighted by atomic mass is 9.87. The van der Waals surface area contributed by atoms with Crippen LogP contribution in [0.5, 0.6) is 5.75 Å². The first-order valence-electron chi connectivity index (χ1n) is 10.3. The second-order valence-corrected chi connectivity index (χ2v) is 8.48. The van der Waals surface area contributed by atoms with Gasteiger partial charge in [-0.05, 0) is 40.8 Å². The number of amides is 2. The van der Waals surface area contributed by atoms with E-state index in [9.17, 15) is 9.59 Å². The van der Waals surface area contributed by atoms with Crippen LogP contribution >= 0.6 is 0 Å². The number of benzene rings is 2. The number of ether oxygens (including phenoxy) is 2. The molecule has 1 fully saturated rings. The average molecular weight is 411 g/mol. The Kier molecular flexibility index (Phi) is 7.11. The van der Waals surface area contributed by atoms with Crippen molar-refractivity contribution >= 4 is 17.5 Å². The topological polar surface area (TPSA) is 67.9 Å². The predicted octanol–water partition coefficient (Wildman–Crippen LogP) is 3.40. The number of hydrogen-bond donors (Lipinski definition) is 1. The third-order valence-electron chi connectivity index (χ3n) is 5.05. The summed E-state index contributed by atoms with van der Waals surface area (Å²) in [5, 5.41) is 2.82. The molecule has 0 radical (unpaired) electrons. The Morgan fingerprint density at radius 3 is 2.23 bits per heavy atom. The van der Waals surface area contributed by atoms with Crippen LogP contribution in [0.15, 0.2) is 48.5 Å². The first-order chi connectivity index (χ1) is 14.3. The lowest BCUT2D eigenvalue weighted by Gasteiger charge is -2.26. The van der Waals surface area contributed by atoms with Gasteiger partial charge in [-0.2, -0.15) is 0 Å². The van der Waals surface area contributed by atoms with Gasteiger partial charge in [0.25, 0.3) is 5.91 Å². The minimum atomic E-state index is -0.230. The van der Waals surface area contributed by atoms with Crippen LogP contribution in [0.3, 0.4) is 0 Å². The van der Waals surface area contributed by atoms with Crippen LogP contribution in [0.25, 0.3) is 0 Å². The van der Waals surface area contributed by atoms with Gasteiger partial charge in [0.1, 0.15) is 5.75 Å². The molecule has 0 atom stereocenters. The molecular formula is C24H30N2O4. The van der Waals surface area contributed by atoms with Crippen molar-refractivity contribution in [3.05, 3.63) is 59.7 Å². The highest BCUT2D eigenvalue weighted by molar-refractivity contribution is 5.92. The van der Waals surface area contributed by atoms with Gasteiger partial charge in [-0.25, -0.2) is 0 Å².